The second-order valence-electron chi connectivity index (χ2n) is 4.20. The van der Waals surface area contributed by atoms with Crippen LogP contribution in [0.15, 0.2) is 12.1 Å². The number of alkyl halides is 3. The van der Waals surface area contributed by atoms with Crippen LogP contribution in [0.25, 0.3) is 0 Å². The summed E-state index contributed by atoms with van der Waals surface area (Å²) >= 11 is 0. The van der Waals surface area contributed by atoms with E-state index in [1.165, 1.54) is 0 Å². The highest BCUT2D eigenvalue weighted by Crippen LogP contribution is 2.30. The number of nitrogens with one attached hydrogen (secondary N) is 1. The van der Waals surface area contributed by atoms with Gasteiger partial charge in [-0.3, -0.25) is 0 Å². The molecular weight excluding hydrogens is 307 g/mol. The van der Waals surface area contributed by atoms with Crippen molar-refractivity contribution >= 4 is 12.4 Å². The first-order chi connectivity index (χ1) is 9.42. The number of halogens is 4. The fourth-order valence-electron chi connectivity index (χ4n) is 1.58. The maximum atomic E-state index is 12.6. The molecule has 0 spiro atoms. The van der Waals surface area contributed by atoms with Gasteiger partial charge in [0.15, 0.2) is 0 Å². The third kappa shape index (κ3) is 5.78. The van der Waals surface area contributed by atoms with Crippen LogP contribution in [0.1, 0.15) is 31.0 Å². The summed E-state index contributed by atoms with van der Waals surface area (Å²) in [5, 5.41) is 11.8. The number of pyridine rings is 1. The zero-order valence-corrected chi connectivity index (χ0v) is 12.5. The van der Waals surface area contributed by atoms with Crippen molar-refractivity contribution in [2.75, 3.05) is 13.6 Å². The Morgan fingerprint density at radius 2 is 2.10 bits per heavy atom. The van der Waals surface area contributed by atoms with Gasteiger partial charge in [0.2, 0.25) is 5.88 Å². The van der Waals surface area contributed by atoms with Gasteiger partial charge in [0.05, 0.1) is 0 Å². The summed E-state index contributed by atoms with van der Waals surface area (Å²) in [4.78, 5) is 3.42. The first-order valence-electron chi connectivity index (χ1n) is 6.22. The van der Waals surface area contributed by atoms with Crippen LogP contribution in [-0.2, 0) is 6.18 Å². The summed E-state index contributed by atoms with van der Waals surface area (Å²) in [5.74, 6) is -0.259. The monoisotopic (exact) mass is 323 g/mol. The van der Waals surface area contributed by atoms with Crippen LogP contribution in [0.3, 0.4) is 0 Å². The lowest BCUT2D eigenvalue weighted by molar-refractivity contribution is -0.141. The van der Waals surface area contributed by atoms with E-state index in [9.17, 15) is 13.2 Å². The fraction of sp³-hybridized carbons (Fsp3) is 0.538. The lowest BCUT2D eigenvalue weighted by atomic mass is 10.2. The van der Waals surface area contributed by atoms with E-state index in [2.05, 4.69) is 10.3 Å². The van der Waals surface area contributed by atoms with Gasteiger partial charge >= 0.3 is 6.18 Å². The van der Waals surface area contributed by atoms with Gasteiger partial charge in [-0.15, -0.1) is 12.4 Å². The second kappa shape index (κ2) is 8.70. The summed E-state index contributed by atoms with van der Waals surface area (Å²) in [7, 11) is 1.77. The quantitative estimate of drug-likeness (QED) is 0.873. The van der Waals surface area contributed by atoms with E-state index in [4.69, 9.17) is 10.00 Å². The van der Waals surface area contributed by atoms with Crippen LogP contribution < -0.4 is 10.1 Å². The van der Waals surface area contributed by atoms with Crippen molar-refractivity contribution in [3.8, 4) is 11.9 Å². The van der Waals surface area contributed by atoms with Crippen LogP contribution in [0.2, 0.25) is 0 Å². The van der Waals surface area contributed by atoms with Gasteiger partial charge < -0.3 is 10.1 Å². The highest BCUT2D eigenvalue weighted by Gasteiger charge is 2.33. The van der Waals surface area contributed by atoms with Gasteiger partial charge in [0, 0.05) is 0 Å². The first kappa shape index (κ1) is 19.5. The van der Waals surface area contributed by atoms with Crippen molar-refractivity contribution < 1.29 is 17.9 Å². The van der Waals surface area contributed by atoms with Crippen LogP contribution in [0, 0.1) is 11.3 Å². The highest BCUT2D eigenvalue weighted by atomic mass is 35.5. The zero-order valence-electron chi connectivity index (χ0n) is 11.7. The molecule has 0 saturated heterocycles. The van der Waals surface area contributed by atoms with Crippen LogP contribution >= 0.6 is 12.4 Å². The minimum absolute atomic E-state index is 0. The summed E-state index contributed by atoms with van der Waals surface area (Å²) in [6, 6.07) is 3.65. The number of hydrogen-bond acceptors (Lipinski definition) is 4. The molecule has 0 saturated carbocycles. The lowest BCUT2D eigenvalue weighted by Crippen LogP contribution is -2.23. The van der Waals surface area contributed by atoms with E-state index in [1.807, 2.05) is 6.92 Å². The van der Waals surface area contributed by atoms with Gasteiger partial charge in [-0.25, -0.2) is 4.98 Å². The maximum Gasteiger partial charge on any atom is 0.433 e. The van der Waals surface area contributed by atoms with Crippen molar-refractivity contribution in [3.63, 3.8) is 0 Å². The average molecular weight is 324 g/mol. The summed E-state index contributed by atoms with van der Waals surface area (Å²) in [6.07, 6.45) is -3.61. The third-order valence-electron chi connectivity index (χ3n) is 2.72. The van der Waals surface area contributed by atoms with E-state index in [-0.39, 0.29) is 30.0 Å². The molecule has 1 rings (SSSR count). The van der Waals surface area contributed by atoms with Crippen molar-refractivity contribution in [3.05, 3.63) is 23.4 Å². The number of ether oxygens (including phenoxy) is 1. The topological polar surface area (TPSA) is 57.9 Å². The van der Waals surface area contributed by atoms with E-state index in [0.717, 1.165) is 12.1 Å². The molecule has 0 amide bonds. The Balaban J connectivity index is 0.00000400. The molecule has 0 aromatic carbocycles. The normalized spacial score (nSPS) is 12.2. The van der Waals surface area contributed by atoms with Crippen molar-refractivity contribution in [2.24, 2.45) is 0 Å². The first-order valence-corrected chi connectivity index (χ1v) is 6.22. The second-order valence-corrected chi connectivity index (χ2v) is 4.20. The molecule has 0 fully saturated rings. The molecule has 1 aromatic heterocycles. The SMILES string of the molecule is CCC(CCNC)Oc1nc(C(F)(F)F)ccc1C#N.Cl. The van der Waals surface area contributed by atoms with Gasteiger partial charge in [0.25, 0.3) is 0 Å². The standard InChI is InChI=1S/C13H16F3N3O.ClH/c1-3-10(6-7-18-2)20-12-9(8-17)4-5-11(19-12)13(14,15)16;/h4-5,10,18H,3,6-7H2,1-2H3;1H. The molecule has 0 aliphatic carbocycles. The molecule has 0 bridgehead atoms. The smallest absolute Gasteiger partial charge is 0.433 e. The molecule has 1 atom stereocenters. The minimum Gasteiger partial charge on any atom is -0.473 e. The van der Waals surface area contributed by atoms with Crippen molar-refractivity contribution in [2.45, 2.75) is 32.0 Å². The number of nitrogens with zero attached hydrogens (tertiary/aromatic N) is 2. The van der Waals surface area contributed by atoms with Crippen molar-refractivity contribution in [1.29, 1.82) is 5.26 Å². The highest BCUT2D eigenvalue weighted by molar-refractivity contribution is 5.85. The summed E-state index contributed by atoms with van der Waals surface area (Å²) in [5.41, 5.74) is -1.06. The molecule has 8 heteroatoms. The van der Waals surface area contributed by atoms with Gasteiger partial charge in [0.1, 0.15) is 23.4 Å². The molecular formula is C13H17ClF3N3O. The molecule has 118 valence electrons. The Kier molecular flexibility index (Phi) is 8.07. The Labute approximate surface area is 127 Å². The average Bonchev–Trinajstić information content (AvgIpc) is 2.42. The summed E-state index contributed by atoms with van der Waals surface area (Å²) in [6.45, 7) is 2.53. The van der Waals surface area contributed by atoms with E-state index >= 15 is 0 Å². The zero-order chi connectivity index (χ0) is 15.2. The molecule has 4 nitrogen and oxygen atoms in total. The van der Waals surface area contributed by atoms with Crippen LogP contribution in [0.4, 0.5) is 13.2 Å². The Morgan fingerprint density at radius 1 is 1.43 bits per heavy atom. The number of rotatable bonds is 6. The number of aromatic nitrogens is 1. The molecule has 0 radical (unpaired) electrons. The predicted molar refractivity (Wildman–Crippen MR) is 74.5 cm³/mol. The lowest BCUT2D eigenvalue weighted by Gasteiger charge is -2.18. The molecule has 0 aliphatic rings. The maximum absolute atomic E-state index is 12.6. The molecule has 0 aliphatic heterocycles. The largest absolute Gasteiger partial charge is 0.473 e. The Hall–Kier alpha value is -1.52. The number of hydrogen-bond donors (Lipinski definition) is 1. The van der Waals surface area contributed by atoms with E-state index < -0.39 is 11.9 Å². The van der Waals surface area contributed by atoms with E-state index in [0.29, 0.717) is 19.4 Å². The minimum atomic E-state index is -4.56. The third-order valence-corrected chi connectivity index (χ3v) is 2.72. The molecule has 21 heavy (non-hydrogen) atoms. The van der Waals surface area contributed by atoms with Gasteiger partial charge in [-0.1, -0.05) is 6.92 Å². The number of nitriles is 1. The Morgan fingerprint density at radius 3 is 2.57 bits per heavy atom. The van der Waals surface area contributed by atoms with Gasteiger partial charge in [-0.2, -0.15) is 18.4 Å². The fourth-order valence-corrected chi connectivity index (χ4v) is 1.58. The van der Waals surface area contributed by atoms with E-state index in [1.54, 1.807) is 13.1 Å². The van der Waals surface area contributed by atoms with Crippen LogP contribution in [0.5, 0.6) is 5.88 Å². The van der Waals surface area contributed by atoms with Crippen LogP contribution in [-0.4, -0.2) is 24.7 Å². The molecule has 1 heterocycles. The van der Waals surface area contributed by atoms with Crippen molar-refractivity contribution in [1.82, 2.24) is 10.3 Å². The predicted octanol–water partition coefficient (Wildman–Crippen LogP) is 3.16. The van der Waals surface area contributed by atoms with Gasteiger partial charge in [-0.05, 0) is 38.6 Å². The Bertz CT molecular complexity index is 489. The molecule has 1 aromatic rings. The molecule has 1 N–H and O–H groups in total. The summed E-state index contributed by atoms with van der Waals surface area (Å²) < 4.78 is 43.3. The molecule has 1 unspecified atom stereocenters.